The van der Waals surface area contributed by atoms with E-state index in [1.807, 2.05) is 76.3 Å². The fourth-order valence-corrected chi connectivity index (χ4v) is 10.1. The maximum Gasteiger partial charge on any atom is 0.331 e. The molecule has 4 aliphatic heterocycles. The molecule has 12 heteroatoms. The van der Waals surface area contributed by atoms with Gasteiger partial charge in [-0.15, -0.1) is 0 Å². The van der Waals surface area contributed by atoms with Gasteiger partial charge >= 0.3 is 23.9 Å². The molecule has 1 fully saturated rings. The first-order valence-corrected chi connectivity index (χ1v) is 26.2. The Bertz CT molecular complexity index is 2020. The highest BCUT2D eigenvalue weighted by Crippen LogP contribution is 2.33. The van der Waals surface area contributed by atoms with E-state index < -0.39 is 24.3 Å². The van der Waals surface area contributed by atoms with Crippen LogP contribution in [0, 0.1) is 41.4 Å². The number of carbonyl (C=O) groups excluding carboxylic acids is 5. The maximum atomic E-state index is 13.1. The van der Waals surface area contributed by atoms with Crippen molar-refractivity contribution >= 4 is 29.7 Å². The second-order valence-electron chi connectivity index (χ2n) is 21.3. The van der Waals surface area contributed by atoms with Crippen LogP contribution in [-0.4, -0.2) is 92.2 Å². The van der Waals surface area contributed by atoms with Crippen molar-refractivity contribution in [2.24, 2.45) is 41.4 Å². The number of hydrogen-bond acceptors (Lipinski definition) is 12. The number of allylic oxidation sites excluding steroid dienone is 9. The van der Waals surface area contributed by atoms with Crippen LogP contribution >= 0.6 is 0 Å². The molecule has 4 rings (SSSR count). The summed E-state index contributed by atoms with van der Waals surface area (Å²) < 4.78 is 34.5. The molecular weight excluding hydrogens is 901 g/mol. The van der Waals surface area contributed by atoms with Crippen molar-refractivity contribution in [2.75, 3.05) is 20.8 Å². The highest BCUT2D eigenvalue weighted by atomic mass is 16.6. The van der Waals surface area contributed by atoms with Crippen molar-refractivity contribution in [2.45, 2.75) is 182 Å². The largest absolute Gasteiger partial charge is 0.462 e. The number of Topliss-reactive ketones (excluding diaryl/α,β-unsaturated/α-hetero) is 1. The Morgan fingerprint density at radius 1 is 0.662 bits per heavy atom. The number of ketones is 1. The predicted molar refractivity (Wildman–Crippen MR) is 277 cm³/mol. The zero-order valence-corrected chi connectivity index (χ0v) is 44.5. The van der Waals surface area contributed by atoms with E-state index in [0.29, 0.717) is 51.4 Å². The number of methoxy groups -OCH3 is 2. The average Bonchev–Trinajstić information content (AvgIpc) is 3.28. The molecule has 13 atom stereocenters. The predicted octanol–water partition coefficient (Wildman–Crippen LogP) is 11.1. The Morgan fingerprint density at radius 3 is 2.11 bits per heavy atom. The summed E-state index contributed by atoms with van der Waals surface area (Å²) in [5, 5.41) is 11.3. The standard InChI is InChI=1S/C59H86O12/c1-38-17-15-18-40(3)29-56(62)70-52(37-66-9)26-41(4)28-55-45(8)48(35-59(65)71-55)21-16-19-39(2)27-53(61)44(7)42(5)23-24-43(6)54(67-10)36-51-32-47(34-58(64)69-51)30-49(60)22-14-12-11-13-20-46-31-50(25-38)68-57(63)33-46/h11-19,28,34-35,39-40,42-46,50-55,61H,20-27,29-33,36-37H2,1-10H3/b13-11+,14-12-,18-15+,19-16+,38-17-,41-28-. The van der Waals surface area contributed by atoms with Gasteiger partial charge in [-0.3, -0.25) is 14.4 Å². The zero-order valence-electron chi connectivity index (χ0n) is 44.5. The van der Waals surface area contributed by atoms with Gasteiger partial charge in [0.2, 0.25) is 0 Å². The SMILES string of the molecule is COCC1C/C(C)=C\C2OC(=O)C=C(C/C=C/C(C)CC(O)C(C)C(C)CCC(C)C(OC)CC3CC(=CC(=O)O3)CC(=O)C/C=C\C=C\CC3CC(=O)OC(C/C(C)=C\C=C\C(C)CC(=O)O1)C3)C2C. The van der Waals surface area contributed by atoms with Crippen molar-refractivity contribution in [1.82, 2.24) is 0 Å². The zero-order chi connectivity index (χ0) is 52.0. The molecule has 71 heavy (non-hydrogen) atoms. The Morgan fingerprint density at radius 2 is 1.37 bits per heavy atom. The van der Waals surface area contributed by atoms with Gasteiger partial charge in [-0.2, -0.15) is 0 Å². The summed E-state index contributed by atoms with van der Waals surface area (Å²) in [7, 11) is 3.26. The van der Waals surface area contributed by atoms with Crippen molar-refractivity contribution in [3.8, 4) is 0 Å². The van der Waals surface area contributed by atoms with Gasteiger partial charge in [-0.05, 0) is 87.5 Å². The highest BCUT2D eigenvalue weighted by molar-refractivity contribution is 5.88. The van der Waals surface area contributed by atoms with Crippen LogP contribution in [0.4, 0.5) is 0 Å². The molecule has 0 aromatic carbocycles. The molecule has 0 radical (unpaired) electrons. The Balaban J connectivity index is 1.45. The van der Waals surface area contributed by atoms with Crippen LogP contribution in [0.1, 0.15) is 145 Å². The molecule has 0 aromatic heterocycles. The summed E-state index contributed by atoms with van der Waals surface area (Å²) in [6, 6.07) is 0. The molecule has 0 saturated carbocycles. The molecule has 0 spiro atoms. The number of carbonyl (C=O) groups is 5. The third-order valence-electron chi connectivity index (χ3n) is 14.7. The second kappa shape index (κ2) is 30.4. The summed E-state index contributed by atoms with van der Waals surface area (Å²) in [6.07, 6.45) is 27.9. The summed E-state index contributed by atoms with van der Waals surface area (Å²) in [5.41, 5.74) is 3.72. The minimum Gasteiger partial charge on any atom is -0.462 e. The normalized spacial score (nSPS) is 37.1. The molecule has 0 amide bonds. The topological polar surface area (TPSA) is 161 Å². The lowest BCUT2D eigenvalue weighted by Crippen LogP contribution is -2.32. The van der Waals surface area contributed by atoms with E-state index in [4.69, 9.17) is 28.4 Å². The lowest BCUT2D eigenvalue weighted by molar-refractivity contribution is -0.156. The van der Waals surface area contributed by atoms with Gasteiger partial charge in [-0.25, -0.2) is 9.59 Å². The Labute approximate surface area is 425 Å². The summed E-state index contributed by atoms with van der Waals surface area (Å²) >= 11 is 0. The molecule has 6 bridgehead atoms. The van der Waals surface area contributed by atoms with Gasteiger partial charge in [0.15, 0.2) is 0 Å². The van der Waals surface area contributed by atoms with Crippen LogP contribution in [0.15, 0.2) is 95.2 Å². The van der Waals surface area contributed by atoms with Gasteiger partial charge < -0.3 is 33.5 Å². The smallest absolute Gasteiger partial charge is 0.331 e. The molecule has 4 aliphatic rings. The maximum absolute atomic E-state index is 13.1. The number of esters is 4. The third-order valence-corrected chi connectivity index (χ3v) is 14.7. The molecule has 4 heterocycles. The number of cyclic esters (lactones) is 1. The number of aliphatic hydroxyl groups excluding tert-OH is 1. The first-order valence-electron chi connectivity index (χ1n) is 26.2. The number of aliphatic hydroxyl groups is 1. The average molecular weight is 987 g/mol. The first-order chi connectivity index (χ1) is 33.8. The van der Waals surface area contributed by atoms with Gasteiger partial charge in [0.05, 0.1) is 25.2 Å². The molecular formula is C59H86O12. The van der Waals surface area contributed by atoms with Crippen LogP contribution in [0.25, 0.3) is 0 Å². The van der Waals surface area contributed by atoms with Gasteiger partial charge in [0, 0.05) is 77.2 Å². The van der Waals surface area contributed by atoms with E-state index in [1.165, 1.54) is 6.08 Å². The second-order valence-corrected chi connectivity index (χ2v) is 21.3. The Hall–Kier alpha value is -4.65. The number of fused-ring (bicyclic) bond motifs is 6. The van der Waals surface area contributed by atoms with E-state index in [2.05, 4.69) is 39.8 Å². The van der Waals surface area contributed by atoms with Gasteiger partial charge in [-0.1, -0.05) is 125 Å². The van der Waals surface area contributed by atoms with E-state index in [-0.39, 0.29) is 109 Å². The van der Waals surface area contributed by atoms with E-state index in [9.17, 15) is 29.1 Å². The lowest BCUT2D eigenvalue weighted by atomic mass is 9.81. The minimum atomic E-state index is -0.509. The van der Waals surface area contributed by atoms with Crippen molar-refractivity contribution in [3.05, 3.63) is 95.2 Å². The van der Waals surface area contributed by atoms with E-state index >= 15 is 0 Å². The number of ether oxygens (including phenoxy) is 6. The summed E-state index contributed by atoms with van der Waals surface area (Å²) in [5.74, 6) is -0.725. The van der Waals surface area contributed by atoms with Crippen molar-refractivity contribution in [3.63, 3.8) is 0 Å². The molecule has 1 N–H and O–H groups in total. The van der Waals surface area contributed by atoms with Crippen molar-refractivity contribution < 1.29 is 57.5 Å². The van der Waals surface area contributed by atoms with Crippen LogP contribution in [0.5, 0.6) is 0 Å². The molecule has 13 unspecified atom stereocenters. The fourth-order valence-electron chi connectivity index (χ4n) is 10.1. The first kappa shape index (κ1) is 58.9. The molecule has 12 nitrogen and oxygen atoms in total. The quantitative estimate of drug-likeness (QED) is 0.162. The van der Waals surface area contributed by atoms with E-state index in [0.717, 1.165) is 41.6 Å². The summed E-state index contributed by atoms with van der Waals surface area (Å²) in [6.45, 7) is 16.7. The third kappa shape index (κ3) is 21.5. The molecule has 0 aromatic rings. The Kier molecular flexibility index (Phi) is 25.2. The highest BCUT2D eigenvalue weighted by Gasteiger charge is 2.32. The van der Waals surface area contributed by atoms with Gasteiger partial charge in [0.25, 0.3) is 0 Å². The number of hydrogen-bond donors (Lipinski definition) is 1. The van der Waals surface area contributed by atoms with Crippen LogP contribution in [0.2, 0.25) is 0 Å². The van der Waals surface area contributed by atoms with Crippen LogP contribution in [-0.2, 0) is 52.4 Å². The molecule has 0 aliphatic carbocycles. The lowest BCUT2D eigenvalue weighted by Gasteiger charge is -2.31. The van der Waals surface area contributed by atoms with Gasteiger partial charge in [0.1, 0.15) is 30.2 Å². The van der Waals surface area contributed by atoms with Crippen molar-refractivity contribution in [1.29, 1.82) is 0 Å². The summed E-state index contributed by atoms with van der Waals surface area (Å²) in [4.78, 5) is 64.1. The molecule has 1 saturated heterocycles. The number of rotatable bonds is 3. The fraction of sp³-hybridized carbons (Fsp3) is 0.644. The molecule has 394 valence electrons. The van der Waals surface area contributed by atoms with E-state index in [1.54, 1.807) is 20.3 Å². The minimum absolute atomic E-state index is 0.0163. The monoisotopic (exact) mass is 987 g/mol. The van der Waals surface area contributed by atoms with Crippen LogP contribution in [0.3, 0.4) is 0 Å². The van der Waals surface area contributed by atoms with Crippen LogP contribution < -0.4 is 0 Å².